The van der Waals surface area contributed by atoms with Crippen molar-refractivity contribution in [1.82, 2.24) is 9.80 Å². The Labute approximate surface area is 113 Å². The molecular formula is C15H30N2O. The highest BCUT2D eigenvalue weighted by Crippen LogP contribution is 2.40. The van der Waals surface area contributed by atoms with Crippen molar-refractivity contribution in [1.29, 1.82) is 0 Å². The third kappa shape index (κ3) is 3.25. The molecule has 0 aromatic heterocycles. The van der Waals surface area contributed by atoms with E-state index in [2.05, 4.69) is 46.4 Å². The lowest BCUT2D eigenvalue weighted by Gasteiger charge is -2.37. The third-order valence-electron chi connectivity index (χ3n) is 4.11. The van der Waals surface area contributed by atoms with Crippen LogP contribution in [0.4, 0.5) is 0 Å². The molecule has 3 nitrogen and oxygen atoms in total. The number of likely N-dealkylation sites (tertiary alicyclic amines) is 1. The molecule has 18 heavy (non-hydrogen) atoms. The van der Waals surface area contributed by atoms with Crippen molar-refractivity contribution >= 4 is 5.91 Å². The Kier molecular flexibility index (Phi) is 4.16. The Bertz CT molecular complexity index is 309. The van der Waals surface area contributed by atoms with Gasteiger partial charge in [0, 0.05) is 26.2 Å². The van der Waals surface area contributed by atoms with Crippen molar-refractivity contribution in [2.24, 2.45) is 11.3 Å². The van der Waals surface area contributed by atoms with Crippen LogP contribution in [0.15, 0.2) is 0 Å². The molecule has 1 unspecified atom stereocenters. The second-order valence-electron chi connectivity index (χ2n) is 7.87. The van der Waals surface area contributed by atoms with Crippen LogP contribution < -0.4 is 0 Å². The predicted molar refractivity (Wildman–Crippen MR) is 76.5 cm³/mol. The standard InChI is InChI=1S/C15H30N2O/c1-14(2,3)11-9-12(13(18)16(7)8)17(10-11)15(4,5)6/h11-12H,9-10H2,1-8H3/t11?,12-/m0/s1. The van der Waals surface area contributed by atoms with E-state index in [4.69, 9.17) is 0 Å². The van der Waals surface area contributed by atoms with Crippen LogP contribution in [0.25, 0.3) is 0 Å². The minimum atomic E-state index is 0.0456. The van der Waals surface area contributed by atoms with Gasteiger partial charge in [0.25, 0.3) is 0 Å². The van der Waals surface area contributed by atoms with Gasteiger partial charge in [-0.25, -0.2) is 0 Å². The molecule has 3 heteroatoms. The molecule has 1 saturated heterocycles. The first-order valence-corrected chi connectivity index (χ1v) is 6.92. The van der Waals surface area contributed by atoms with Gasteiger partial charge in [0.1, 0.15) is 0 Å². The number of carbonyl (C=O) groups is 1. The summed E-state index contributed by atoms with van der Waals surface area (Å²) in [6.07, 6.45) is 0.984. The zero-order valence-corrected chi connectivity index (χ0v) is 13.4. The fraction of sp³-hybridized carbons (Fsp3) is 0.933. The summed E-state index contributed by atoms with van der Waals surface area (Å²) in [5.74, 6) is 0.835. The maximum atomic E-state index is 12.4. The van der Waals surface area contributed by atoms with Gasteiger partial charge >= 0.3 is 0 Å². The van der Waals surface area contributed by atoms with E-state index in [9.17, 15) is 4.79 Å². The van der Waals surface area contributed by atoms with Crippen LogP contribution >= 0.6 is 0 Å². The van der Waals surface area contributed by atoms with Crippen molar-refractivity contribution in [2.75, 3.05) is 20.6 Å². The summed E-state index contributed by atoms with van der Waals surface area (Å²) in [5.41, 5.74) is 0.321. The number of hydrogen-bond acceptors (Lipinski definition) is 2. The molecule has 1 amide bonds. The molecule has 1 rings (SSSR count). The van der Waals surface area contributed by atoms with Crippen LogP contribution in [0.2, 0.25) is 0 Å². The van der Waals surface area contributed by atoms with Gasteiger partial charge in [0.2, 0.25) is 5.91 Å². The lowest BCUT2D eigenvalue weighted by molar-refractivity contribution is -0.135. The number of likely N-dealkylation sites (N-methyl/N-ethyl adjacent to an activating group) is 1. The van der Waals surface area contributed by atoms with Gasteiger partial charge in [0.05, 0.1) is 6.04 Å². The Balaban J connectivity index is 2.96. The Hall–Kier alpha value is -0.570. The van der Waals surface area contributed by atoms with Crippen LogP contribution in [-0.4, -0.2) is 47.9 Å². The summed E-state index contributed by atoms with van der Waals surface area (Å²) in [5, 5.41) is 0. The molecule has 0 N–H and O–H groups in total. The largest absolute Gasteiger partial charge is 0.347 e. The van der Waals surface area contributed by atoms with Gasteiger partial charge in [-0.15, -0.1) is 0 Å². The highest BCUT2D eigenvalue weighted by molar-refractivity contribution is 5.81. The minimum Gasteiger partial charge on any atom is -0.347 e. The van der Waals surface area contributed by atoms with Crippen LogP contribution in [0.5, 0.6) is 0 Å². The number of rotatable bonds is 1. The summed E-state index contributed by atoms with van der Waals surface area (Å²) >= 11 is 0. The molecule has 0 aromatic rings. The highest BCUT2D eigenvalue weighted by Gasteiger charge is 2.45. The van der Waals surface area contributed by atoms with E-state index in [0.29, 0.717) is 5.92 Å². The van der Waals surface area contributed by atoms with E-state index in [1.54, 1.807) is 4.90 Å². The van der Waals surface area contributed by atoms with Crippen molar-refractivity contribution < 1.29 is 4.79 Å². The van der Waals surface area contributed by atoms with Crippen LogP contribution in [-0.2, 0) is 4.79 Å². The van der Waals surface area contributed by atoms with E-state index in [1.807, 2.05) is 14.1 Å². The molecule has 1 heterocycles. The van der Waals surface area contributed by atoms with Gasteiger partial charge < -0.3 is 4.90 Å². The van der Waals surface area contributed by atoms with Crippen molar-refractivity contribution in [2.45, 2.75) is 59.5 Å². The average molecular weight is 254 g/mol. The smallest absolute Gasteiger partial charge is 0.239 e. The fourth-order valence-corrected chi connectivity index (χ4v) is 2.74. The molecule has 1 fully saturated rings. The molecule has 0 spiro atoms. The second-order valence-corrected chi connectivity index (χ2v) is 7.87. The lowest BCUT2D eigenvalue weighted by Crippen LogP contribution is -2.50. The van der Waals surface area contributed by atoms with Gasteiger partial charge in [-0.2, -0.15) is 0 Å². The van der Waals surface area contributed by atoms with Crippen molar-refractivity contribution in [3.8, 4) is 0 Å². The van der Waals surface area contributed by atoms with Gasteiger partial charge in [-0.1, -0.05) is 20.8 Å². The lowest BCUT2D eigenvalue weighted by atomic mass is 9.79. The van der Waals surface area contributed by atoms with Crippen LogP contribution in [0, 0.1) is 11.3 Å². The molecule has 0 bridgehead atoms. The normalized spacial score (nSPS) is 26.4. The molecular weight excluding hydrogens is 224 g/mol. The molecule has 0 saturated carbocycles. The third-order valence-corrected chi connectivity index (χ3v) is 4.11. The second kappa shape index (κ2) is 4.84. The zero-order valence-electron chi connectivity index (χ0n) is 13.4. The van der Waals surface area contributed by atoms with Gasteiger partial charge in [-0.3, -0.25) is 9.69 Å². The Morgan fingerprint density at radius 1 is 1.11 bits per heavy atom. The monoisotopic (exact) mass is 254 g/mol. The van der Waals surface area contributed by atoms with E-state index < -0.39 is 0 Å². The quantitative estimate of drug-likeness (QED) is 0.718. The van der Waals surface area contributed by atoms with E-state index in [-0.39, 0.29) is 22.9 Å². The summed E-state index contributed by atoms with van der Waals surface area (Å²) in [7, 11) is 3.71. The maximum absolute atomic E-state index is 12.4. The number of hydrogen-bond donors (Lipinski definition) is 0. The first-order chi connectivity index (χ1) is 7.94. The average Bonchev–Trinajstić information content (AvgIpc) is 2.58. The Morgan fingerprint density at radius 2 is 1.61 bits per heavy atom. The van der Waals surface area contributed by atoms with E-state index >= 15 is 0 Å². The topological polar surface area (TPSA) is 23.6 Å². The molecule has 106 valence electrons. The molecule has 1 aliphatic heterocycles. The van der Waals surface area contributed by atoms with Crippen molar-refractivity contribution in [3.63, 3.8) is 0 Å². The van der Waals surface area contributed by atoms with E-state index in [0.717, 1.165) is 13.0 Å². The van der Waals surface area contributed by atoms with Crippen LogP contribution in [0.1, 0.15) is 48.0 Å². The molecule has 0 aromatic carbocycles. The van der Waals surface area contributed by atoms with Gasteiger partial charge in [0.15, 0.2) is 0 Å². The maximum Gasteiger partial charge on any atom is 0.239 e. The van der Waals surface area contributed by atoms with Gasteiger partial charge in [-0.05, 0) is 38.5 Å². The molecule has 0 radical (unpaired) electrons. The first-order valence-electron chi connectivity index (χ1n) is 6.92. The molecule has 1 aliphatic rings. The fourth-order valence-electron chi connectivity index (χ4n) is 2.74. The number of nitrogens with zero attached hydrogens (tertiary/aromatic N) is 2. The molecule has 0 aliphatic carbocycles. The molecule has 2 atom stereocenters. The summed E-state index contributed by atoms with van der Waals surface area (Å²) in [4.78, 5) is 16.5. The highest BCUT2D eigenvalue weighted by atomic mass is 16.2. The summed E-state index contributed by atoms with van der Waals surface area (Å²) < 4.78 is 0. The summed E-state index contributed by atoms with van der Waals surface area (Å²) in [6, 6.07) is 0.0456. The van der Waals surface area contributed by atoms with Crippen molar-refractivity contribution in [3.05, 3.63) is 0 Å². The SMILES string of the molecule is CN(C)C(=O)[C@@H]1CC(C(C)(C)C)CN1C(C)(C)C. The number of amides is 1. The predicted octanol–water partition coefficient (Wildman–Crippen LogP) is 2.61. The minimum absolute atomic E-state index is 0.0456. The zero-order chi connectivity index (χ0) is 14.3. The van der Waals surface area contributed by atoms with Crippen LogP contribution in [0.3, 0.4) is 0 Å². The Morgan fingerprint density at radius 3 is 1.94 bits per heavy atom. The first kappa shape index (κ1) is 15.5. The summed E-state index contributed by atoms with van der Waals surface area (Å²) in [6.45, 7) is 14.5. The van der Waals surface area contributed by atoms with E-state index in [1.165, 1.54) is 0 Å². The number of carbonyl (C=O) groups excluding carboxylic acids is 1.